The Labute approximate surface area is 117 Å². The molecule has 0 saturated carbocycles. The van der Waals surface area contributed by atoms with Crippen LogP contribution in [0, 0.1) is 10.1 Å². The Bertz CT molecular complexity index is 565. The van der Waals surface area contributed by atoms with Gasteiger partial charge in [0.05, 0.1) is 4.92 Å². The highest BCUT2D eigenvalue weighted by molar-refractivity contribution is 7.99. The Hall–Kier alpha value is -0.350. The van der Waals surface area contributed by atoms with E-state index in [2.05, 4.69) is 4.72 Å². The molecule has 1 saturated heterocycles. The molecule has 1 aromatic heterocycles. The Balaban J connectivity index is 2.24. The van der Waals surface area contributed by atoms with Crippen molar-refractivity contribution < 1.29 is 13.3 Å². The molecule has 0 amide bonds. The van der Waals surface area contributed by atoms with Crippen molar-refractivity contribution in [2.75, 3.05) is 11.5 Å². The van der Waals surface area contributed by atoms with Crippen molar-refractivity contribution in [1.82, 2.24) is 4.72 Å². The van der Waals surface area contributed by atoms with E-state index in [4.69, 9.17) is 11.6 Å². The van der Waals surface area contributed by atoms with E-state index in [1.54, 1.807) is 11.8 Å². The normalized spacial score (nSPS) is 20.2. The summed E-state index contributed by atoms with van der Waals surface area (Å²) in [7, 11) is -3.71. The van der Waals surface area contributed by atoms with Crippen LogP contribution in [0.2, 0.25) is 4.34 Å². The van der Waals surface area contributed by atoms with Crippen molar-refractivity contribution in [2.24, 2.45) is 0 Å². The molecule has 1 unspecified atom stereocenters. The van der Waals surface area contributed by atoms with Gasteiger partial charge in [-0.15, -0.1) is 11.3 Å². The minimum atomic E-state index is -3.71. The van der Waals surface area contributed by atoms with Gasteiger partial charge in [0.1, 0.15) is 4.21 Å². The highest BCUT2D eigenvalue weighted by atomic mass is 35.5. The summed E-state index contributed by atoms with van der Waals surface area (Å²) < 4.78 is 26.3. The molecule has 10 heteroatoms. The molecule has 2 rings (SSSR count). The van der Waals surface area contributed by atoms with Crippen LogP contribution >= 0.6 is 34.7 Å². The second-order valence-electron chi connectivity index (χ2n) is 3.66. The molecule has 100 valence electrons. The van der Waals surface area contributed by atoms with Crippen molar-refractivity contribution in [1.29, 1.82) is 0 Å². The van der Waals surface area contributed by atoms with Crippen molar-refractivity contribution in [3.8, 4) is 0 Å². The molecule has 1 aromatic rings. The largest absolute Gasteiger partial charge is 0.300 e. The first-order chi connectivity index (χ1) is 8.40. The lowest BCUT2D eigenvalue weighted by molar-refractivity contribution is -0.384. The van der Waals surface area contributed by atoms with Crippen LogP contribution in [0.5, 0.6) is 0 Å². The highest BCUT2D eigenvalue weighted by Gasteiger charge is 2.28. The van der Waals surface area contributed by atoms with Crippen molar-refractivity contribution in [3.63, 3.8) is 0 Å². The van der Waals surface area contributed by atoms with E-state index in [0.717, 1.165) is 24.0 Å². The quantitative estimate of drug-likeness (QED) is 0.675. The summed E-state index contributed by atoms with van der Waals surface area (Å²) in [4.78, 5) is 9.92. The fourth-order valence-electron chi connectivity index (χ4n) is 1.50. The maximum atomic E-state index is 12.0. The zero-order chi connectivity index (χ0) is 13.3. The summed E-state index contributed by atoms with van der Waals surface area (Å²) >= 11 is 8.02. The molecular weight excluding hydrogens is 320 g/mol. The fraction of sp³-hybridized carbons (Fsp3) is 0.500. The van der Waals surface area contributed by atoms with Gasteiger partial charge < -0.3 is 0 Å². The molecule has 1 aliphatic heterocycles. The summed E-state index contributed by atoms with van der Waals surface area (Å²) in [5, 5.41) is 10.6. The van der Waals surface area contributed by atoms with Crippen LogP contribution in [0.3, 0.4) is 0 Å². The van der Waals surface area contributed by atoms with Crippen LogP contribution in [-0.4, -0.2) is 30.9 Å². The average molecular weight is 329 g/mol. The van der Waals surface area contributed by atoms with Crippen LogP contribution in [0.1, 0.15) is 6.42 Å². The van der Waals surface area contributed by atoms with Gasteiger partial charge in [-0.25, -0.2) is 13.1 Å². The van der Waals surface area contributed by atoms with E-state index in [-0.39, 0.29) is 20.3 Å². The SMILES string of the molecule is O=[N+]([O-])c1cc(S(=O)(=O)NC2CCSC2)sc1Cl. The molecule has 6 nitrogen and oxygen atoms in total. The maximum Gasteiger partial charge on any atom is 0.300 e. The Morgan fingerprint density at radius 1 is 1.56 bits per heavy atom. The maximum absolute atomic E-state index is 12.0. The number of hydrogen-bond donors (Lipinski definition) is 1. The third-order valence-electron chi connectivity index (χ3n) is 2.36. The monoisotopic (exact) mass is 328 g/mol. The first kappa shape index (κ1) is 14.1. The van der Waals surface area contributed by atoms with Crippen LogP contribution in [0.4, 0.5) is 5.69 Å². The van der Waals surface area contributed by atoms with Crippen LogP contribution in [0.25, 0.3) is 0 Å². The zero-order valence-corrected chi connectivity index (χ0v) is 12.2. The summed E-state index contributed by atoms with van der Waals surface area (Å²) in [5.41, 5.74) is -0.372. The molecule has 18 heavy (non-hydrogen) atoms. The lowest BCUT2D eigenvalue weighted by Crippen LogP contribution is -2.34. The lowest BCUT2D eigenvalue weighted by atomic mass is 10.3. The molecule has 1 atom stereocenters. The topological polar surface area (TPSA) is 89.3 Å². The van der Waals surface area contributed by atoms with Crippen molar-refractivity contribution >= 4 is 50.4 Å². The summed E-state index contributed by atoms with van der Waals surface area (Å²) in [5.74, 6) is 1.64. The Morgan fingerprint density at radius 3 is 2.78 bits per heavy atom. The molecule has 1 fully saturated rings. The van der Waals surface area contributed by atoms with E-state index in [0.29, 0.717) is 11.3 Å². The number of nitrogens with one attached hydrogen (secondary N) is 1. The molecule has 0 radical (unpaired) electrons. The molecule has 0 aliphatic carbocycles. The smallest absolute Gasteiger partial charge is 0.258 e. The Morgan fingerprint density at radius 2 is 2.28 bits per heavy atom. The summed E-state index contributed by atoms with van der Waals surface area (Å²) in [6.45, 7) is 0. The minimum absolute atomic E-state index is 0.111. The van der Waals surface area contributed by atoms with Gasteiger partial charge >= 0.3 is 0 Å². The van der Waals surface area contributed by atoms with Gasteiger partial charge in [0.15, 0.2) is 4.34 Å². The van der Waals surface area contributed by atoms with E-state index in [1.165, 1.54) is 0 Å². The molecule has 0 spiro atoms. The second kappa shape index (κ2) is 5.33. The molecular formula is C8H9ClN2O4S3. The van der Waals surface area contributed by atoms with Crippen molar-refractivity contribution in [3.05, 3.63) is 20.5 Å². The van der Waals surface area contributed by atoms with Gasteiger partial charge in [0, 0.05) is 17.9 Å². The summed E-state index contributed by atoms with van der Waals surface area (Å²) in [6.07, 6.45) is 0.769. The minimum Gasteiger partial charge on any atom is -0.258 e. The standard InChI is InChI=1S/C8H9ClN2O4S3/c9-8-6(11(12)13)3-7(17-8)18(14,15)10-5-1-2-16-4-5/h3,5,10H,1-2,4H2. The van der Waals surface area contributed by atoms with Crippen LogP contribution in [-0.2, 0) is 10.0 Å². The van der Waals surface area contributed by atoms with Crippen molar-refractivity contribution in [2.45, 2.75) is 16.7 Å². The number of thiophene rings is 1. The number of halogens is 1. The molecule has 1 aliphatic rings. The third-order valence-corrected chi connectivity index (χ3v) is 6.85. The fourth-order valence-corrected chi connectivity index (χ4v) is 5.71. The third kappa shape index (κ3) is 2.97. The van der Waals surface area contributed by atoms with E-state index >= 15 is 0 Å². The number of rotatable bonds is 4. The number of thioether (sulfide) groups is 1. The van der Waals surface area contributed by atoms with Crippen LogP contribution < -0.4 is 4.72 Å². The number of sulfonamides is 1. The number of nitro groups is 1. The zero-order valence-electron chi connectivity index (χ0n) is 8.96. The lowest BCUT2D eigenvalue weighted by Gasteiger charge is -2.09. The van der Waals surface area contributed by atoms with Gasteiger partial charge in [-0.3, -0.25) is 10.1 Å². The van der Waals surface area contributed by atoms with Gasteiger partial charge in [-0.05, 0) is 12.2 Å². The first-order valence-electron chi connectivity index (χ1n) is 4.94. The van der Waals surface area contributed by atoms with Gasteiger partial charge in [0.2, 0.25) is 0 Å². The number of nitrogens with zero attached hydrogens (tertiary/aromatic N) is 1. The van der Waals surface area contributed by atoms with E-state index in [9.17, 15) is 18.5 Å². The predicted octanol–water partition coefficient (Wildman–Crippen LogP) is 2.09. The van der Waals surface area contributed by atoms with E-state index < -0.39 is 14.9 Å². The summed E-state index contributed by atoms with van der Waals surface area (Å²) in [6, 6.07) is 0.886. The molecule has 0 aromatic carbocycles. The Kier molecular flexibility index (Phi) is 4.17. The van der Waals surface area contributed by atoms with Crippen LogP contribution in [0.15, 0.2) is 10.3 Å². The number of hydrogen-bond acceptors (Lipinski definition) is 6. The van der Waals surface area contributed by atoms with Gasteiger partial charge in [-0.1, -0.05) is 11.6 Å². The second-order valence-corrected chi connectivity index (χ2v) is 8.41. The molecule has 0 bridgehead atoms. The highest BCUT2D eigenvalue weighted by Crippen LogP contribution is 2.36. The predicted molar refractivity (Wildman–Crippen MR) is 72.0 cm³/mol. The first-order valence-corrected chi connectivity index (χ1v) is 8.77. The molecule has 1 N–H and O–H groups in total. The van der Waals surface area contributed by atoms with E-state index in [1.807, 2.05) is 0 Å². The van der Waals surface area contributed by atoms with Gasteiger partial charge in [-0.2, -0.15) is 11.8 Å². The molecule has 2 heterocycles. The van der Waals surface area contributed by atoms with Gasteiger partial charge in [0.25, 0.3) is 15.7 Å². The average Bonchev–Trinajstić information content (AvgIpc) is 2.86.